The molecule has 5 heteroatoms. The molecular weight excluding hydrogens is 252 g/mol. The van der Waals surface area contributed by atoms with Crippen molar-refractivity contribution >= 4 is 22.5 Å². The number of nitrogens with zero attached hydrogens (tertiary/aromatic N) is 2. The molecule has 3 N–H and O–H groups in total. The first-order chi connectivity index (χ1) is 9.79. The van der Waals surface area contributed by atoms with E-state index in [0.717, 1.165) is 35.9 Å². The zero-order valence-electron chi connectivity index (χ0n) is 11.2. The van der Waals surface area contributed by atoms with Crippen LogP contribution in [0, 0.1) is 11.8 Å². The van der Waals surface area contributed by atoms with E-state index in [0.29, 0.717) is 12.5 Å². The van der Waals surface area contributed by atoms with E-state index in [2.05, 4.69) is 15.3 Å². The lowest BCUT2D eigenvalue weighted by Gasteiger charge is -2.17. The summed E-state index contributed by atoms with van der Waals surface area (Å²) in [6.45, 7) is 0.580. The minimum Gasteiger partial charge on any atom is -0.330 e. The van der Waals surface area contributed by atoms with Gasteiger partial charge in [-0.3, -0.25) is 14.8 Å². The zero-order valence-corrected chi connectivity index (χ0v) is 11.2. The molecule has 5 nitrogen and oxygen atoms in total. The van der Waals surface area contributed by atoms with Crippen molar-refractivity contribution in [2.75, 3.05) is 11.9 Å². The van der Waals surface area contributed by atoms with E-state index in [4.69, 9.17) is 5.73 Å². The Hall–Kier alpha value is -2.01. The van der Waals surface area contributed by atoms with Gasteiger partial charge in [0, 0.05) is 29.9 Å². The average Bonchev–Trinajstić information content (AvgIpc) is 2.96. The maximum Gasteiger partial charge on any atom is 0.227 e. The number of hydrogen-bond acceptors (Lipinski definition) is 4. The number of carbonyl (C=O) groups is 1. The van der Waals surface area contributed by atoms with Crippen LogP contribution in [0.5, 0.6) is 0 Å². The molecule has 1 saturated carbocycles. The van der Waals surface area contributed by atoms with Crippen LogP contribution in [0.2, 0.25) is 0 Å². The zero-order chi connectivity index (χ0) is 13.9. The number of aromatic nitrogens is 2. The summed E-state index contributed by atoms with van der Waals surface area (Å²) >= 11 is 0. The summed E-state index contributed by atoms with van der Waals surface area (Å²) in [5, 5.41) is 3.88. The third-order valence-corrected chi connectivity index (χ3v) is 4.10. The van der Waals surface area contributed by atoms with E-state index < -0.39 is 0 Å². The first-order valence-corrected chi connectivity index (χ1v) is 6.99. The van der Waals surface area contributed by atoms with Gasteiger partial charge in [0.25, 0.3) is 0 Å². The molecule has 20 heavy (non-hydrogen) atoms. The average molecular weight is 270 g/mol. The van der Waals surface area contributed by atoms with Gasteiger partial charge >= 0.3 is 0 Å². The van der Waals surface area contributed by atoms with E-state index in [1.807, 2.05) is 12.1 Å². The molecule has 0 unspecified atom stereocenters. The summed E-state index contributed by atoms with van der Waals surface area (Å²) in [6, 6.07) is 3.65. The molecule has 1 aliphatic carbocycles. The molecule has 1 aliphatic rings. The third kappa shape index (κ3) is 2.36. The molecule has 2 atom stereocenters. The number of nitrogens with two attached hydrogens (primary N) is 1. The van der Waals surface area contributed by atoms with Gasteiger partial charge in [0.2, 0.25) is 5.91 Å². The summed E-state index contributed by atoms with van der Waals surface area (Å²) in [5.74, 6) is 0.399. The monoisotopic (exact) mass is 270 g/mol. The fourth-order valence-corrected chi connectivity index (χ4v) is 2.99. The smallest absolute Gasteiger partial charge is 0.227 e. The molecule has 0 spiro atoms. The van der Waals surface area contributed by atoms with Crippen molar-refractivity contribution < 1.29 is 4.79 Å². The van der Waals surface area contributed by atoms with Crippen LogP contribution in [-0.4, -0.2) is 22.4 Å². The topological polar surface area (TPSA) is 80.9 Å². The Labute approximate surface area is 117 Å². The third-order valence-electron chi connectivity index (χ3n) is 4.10. The van der Waals surface area contributed by atoms with E-state index >= 15 is 0 Å². The fourth-order valence-electron chi connectivity index (χ4n) is 2.99. The van der Waals surface area contributed by atoms with Crippen LogP contribution in [0.15, 0.2) is 30.7 Å². The Morgan fingerprint density at radius 3 is 3.10 bits per heavy atom. The molecule has 3 rings (SSSR count). The van der Waals surface area contributed by atoms with Crippen molar-refractivity contribution in [1.82, 2.24) is 9.97 Å². The predicted octanol–water partition coefficient (Wildman–Crippen LogP) is 1.94. The highest BCUT2D eigenvalue weighted by Crippen LogP contribution is 2.32. The highest BCUT2D eigenvalue weighted by molar-refractivity contribution is 6.01. The van der Waals surface area contributed by atoms with Crippen molar-refractivity contribution in [3.05, 3.63) is 30.7 Å². The SMILES string of the molecule is NC[C@H]1CCC[C@H]1C(=O)Nc1ccnc2ccncc12. The Morgan fingerprint density at radius 1 is 1.35 bits per heavy atom. The minimum absolute atomic E-state index is 0.0277. The van der Waals surface area contributed by atoms with Crippen molar-refractivity contribution in [3.63, 3.8) is 0 Å². The van der Waals surface area contributed by atoms with E-state index in [1.54, 1.807) is 18.6 Å². The lowest BCUT2D eigenvalue weighted by molar-refractivity contribution is -0.120. The number of hydrogen-bond donors (Lipinski definition) is 2. The summed E-state index contributed by atoms with van der Waals surface area (Å²) in [5.41, 5.74) is 7.35. The second-order valence-electron chi connectivity index (χ2n) is 5.27. The van der Waals surface area contributed by atoms with Crippen LogP contribution >= 0.6 is 0 Å². The summed E-state index contributed by atoms with van der Waals surface area (Å²) in [7, 11) is 0. The Kier molecular flexibility index (Phi) is 3.60. The Balaban J connectivity index is 1.84. The molecule has 104 valence electrons. The van der Waals surface area contributed by atoms with Gasteiger partial charge in [-0.1, -0.05) is 6.42 Å². The second kappa shape index (κ2) is 5.54. The molecule has 0 bridgehead atoms. The first-order valence-electron chi connectivity index (χ1n) is 6.99. The summed E-state index contributed by atoms with van der Waals surface area (Å²) in [4.78, 5) is 20.8. The van der Waals surface area contributed by atoms with E-state index in [1.165, 1.54) is 0 Å². The summed E-state index contributed by atoms with van der Waals surface area (Å²) in [6.07, 6.45) is 8.18. The lowest BCUT2D eigenvalue weighted by atomic mass is 9.95. The van der Waals surface area contributed by atoms with Gasteiger partial charge in [-0.15, -0.1) is 0 Å². The van der Waals surface area contributed by atoms with Crippen LogP contribution in [0.3, 0.4) is 0 Å². The number of pyridine rings is 2. The molecule has 0 aromatic carbocycles. The van der Waals surface area contributed by atoms with Crippen molar-refractivity contribution in [2.45, 2.75) is 19.3 Å². The maximum absolute atomic E-state index is 12.4. The van der Waals surface area contributed by atoms with Crippen LogP contribution < -0.4 is 11.1 Å². The van der Waals surface area contributed by atoms with Crippen LogP contribution in [-0.2, 0) is 4.79 Å². The number of rotatable bonds is 3. The molecule has 0 radical (unpaired) electrons. The fraction of sp³-hybridized carbons (Fsp3) is 0.400. The molecule has 1 amide bonds. The normalized spacial score (nSPS) is 22.1. The molecule has 2 heterocycles. The number of anilines is 1. The molecular formula is C15H18N4O. The van der Waals surface area contributed by atoms with Crippen LogP contribution in [0.25, 0.3) is 10.9 Å². The van der Waals surface area contributed by atoms with Gasteiger partial charge in [0.1, 0.15) is 0 Å². The van der Waals surface area contributed by atoms with Crippen LogP contribution in [0.1, 0.15) is 19.3 Å². The van der Waals surface area contributed by atoms with Crippen molar-refractivity contribution in [2.24, 2.45) is 17.6 Å². The lowest BCUT2D eigenvalue weighted by Crippen LogP contribution is -2.29. The summed E-state index contributed by atoms with van der Waals surface area (Å²) < 4.78 is 0. The van der Waals surface area contributed by atoms with Gasteiger partial charge in [-0.25, -0.2) is 0 Å². The number of amides is 1. The van der Waals surface area contributed by atoms with Gasteiger partial charge < -0.3 is 11.1 Å². The Morgan fingerprint density at radius 2 is 2.25 bits per heavy atom. The highest BCUT2D eigenvalue weighted by Gasteiger charge is 2.32. The molecule has 2 aromatic heterocycles. The molecule has 2 aromatic rings. The number of nitrogens with one attached hydrogen (secondary N) is 1. The van der Waals surface area contributed by atoms with E-state index in [-0.39, 0.29) is 11.8 Å². The second-order valence-corrected chi connectivity index (χ2v) is 5.27. The van der Waals surface area contributed by atoms with Gasteiger partial charge in [-0.2, -0.15) is 0 Å². The Bertz CT molecular complexity index is 623. The molecule has 0 aliphatic heterocycles. The van der Waals surface area contributed by atoms with E-state index in [9.17, 15) is 4.79 Å². The van der Waals surface area contributed by atoms with Gasteiger partial charge in [0.15, 0.2) is 0 Å². The van der Waals surface area contributed by atoms with Crippen molar-refractivity contribution in [3.8, 4) is 0 Å². The van der Waals surface area contributed by atoms with Gasteiger partial charge in [-0.05, 0) is 37.4 Å². The largest absolute Gasteiger partial charge is 0.330 e. The maximum atomic E-state index is 12.4. The highest BCUT2D eigenvalue weighted by atomic mass is 16.1. The van der Waals surface area contributed by atoms with Crippen LogP contribution in [0.4, 0.5) is 5.69 Å². The quantitative estimate of drug-likeness (QED) is 0.893. The minimum atomic E-state index is 0.0277. The number of carbonyl (C=O) groups excluding carboxylic acids is 1. The van der Waals surface area contributed by atoms with Crippen molar-refractivity contribution in [1.29, 1.82) is 0 Å². The molecule has 1 fully saturated rings. The standard InChI is InChI=1S/C15H18N4O/c16-8-10-2-1-3-11(10)15(20)19-14-5-7-18-13-4-6-17-9-12(13)14/h4-7,9-11H,1-3,8,16H2,(H,18,19,20)/t10-,11-/m1/s1. The predicted molar refractivity (Wildman–Crippen MR) is 78.1 cm³/mol. The molecule has 0 saturated heterocycles. The number of fused-ring (bicyclic) bond motifs is 1. The van der Waals surface area contributed by atoms with Gasteiger partial charge in [0.05, 0.1) is 11.2 Å². The first kappa shape index (κ1) is 13.0.